The van der Waals surface area contributed by atoms with Crippen molar-refractivity contribution in [2.24, 2.45) is 0 Å². The maximum Gasteiger partial charge on any atom is 0.221 e. The normalized spacial score (nSPS) is 31.4. The molecule has 1 heterocycles. The zero-order valence-electron chi connectivity index (χ0n) is 10.0. The van der Waals surface area contributed by atoms with E-state index in [1.54, 1.807) is 0 Å². The molecule has 2 aliphatic rings. The molecule has 1 saturated heterocycles. The van der Waals surface area contributed by atoms with Gasteiger partial charge in [-0.25, -0.2) is 0 Å². The zero-order chi connectivity index (χ0) is 11.6. The van der Waals surface area contributed by atoms with Gasteiger partial charge in [-0.15, -0.1) is 0 Å². The molecule has 2 rings (SSSR count). The number of nitrogens with one attached hydrogen (secondary N) is 1. The zero-order valence-corrected chi connectivity index (χ0v) is 10.0. The first-order chi connectivity index (χ1) is 7.55. The van der Waals surface area contributed by atoms with E-state index in [0.717, 1.165) is 38.8 Å². The van der Waals surface area contributed by atoms with Gasteiger partial charge in [-0.05, 0) is 39.2 Å². The van der Waals surface area contributed by atoms with E-state index < -0.39 is 5.60 Å². The number of carbonyl (C=O) groups is 1. The van der Waals surface area contributed by atoms with Gasteiger partial charge in [0.15, 0.2) is 0 Å². The molecule has 2 N–H and O–H groups in total. The minimum Gasteiger partial charge on any atom is -0.389 e. The molecule has 1 unspecified atom stereocenters. The monoisotopic (exact) mass is 226 g/mol. The molecule has 0 aromatic heterocycles. The van der Waals surface area contributed by atoms with Crippen LogP contribution in [0.15, 0.2) is 0 Å². The van der Waals surface area contributed by atoms with E-state index in [0.29, 0.717) is 19.0 Å². The summed E-state index contributed by atoms with van der Waals surface area (Å²) in [6.07, 6.45) is 4.75. The lowest BCUT2D eigenvalue weighted by Gasteiger charge is -2.36. The van der Waals surface area contributed by atoms with E-state index in [-0.39, 0.29) is 5.91 Å². The first-order valence-corrected chi connectivity index (χ1v) is 6.29. The fraction of sp³-hybridized carbons (Fsp3) is 0.917. The number of hydrogen-bond acceptors (Lipinski definition) is 3. The molecule has 16 heavy (non-hydrogen) atoms. The summed E-state index contributed by atoms with van der Waals surface area (Å²) in [6, 6.07) is 0.456. The van der Waals surface area contributed by atoms with Gasteiger partial charge >= 0.3 is 0 Å². The van der Waals surface area contributed by atoms with Gasteiger partial charge in [-0.2, -0.15) is 0 Å². The maximum atomic E-state index is 11.5. The van der Waals surface area contributed by atoms with Gasteiger partial charge in [-0.1, -0.05) is 0 Å². The van der Waals surface area contributed by atoms with Crippen LogP contribution in [-0.4, -0.2) is 47.2 Å². The molecule has 4 heteroatoms. The lowest BCUT2D eigenvalue weighted by molar-refractivity contribution is -0.122. The molecule has 1 amide bonds. The minimum atomic E-state index is -0.564. The van der Waals surface area contributed by atoms with E-state index in [4.69, 9.17) is 0 Å². The number of hydrogen-bond donors (Lipinski definition) is 2. The predicted octanol–water partition coefficient (Wildman–Crippen LogP) is 0.502. The highest BCUT2D eigenvalue weighted by Gasteiger charge is 2.28. The lowest BCUT2D eigenvalue weighted by atomic mass is 9.95. The third kappa shape index (κ3) is 3.76. The molecule has 0 aromatic carbocycles. The Labute approximate surface area is 97.0 Å². The smallest absolute Gasteiger partial charge is 0.221 e. The van der Waals surface area contributed by atoms with Gasteiger partial charge in [0.2, 0.25) is 5.91 Å². The molecule has 0 radical (unpaired) electrons. The van der Waals surface area contributed by atoms with Crippen LogP contribution >= 0.6 is 0 Å². The summed E-state index contributed by atoms with van der Waals surface area (Å²) in [6.45, 7) is 4.36. The largest absolute Gasteiger partial charge is 0.389 e. The number of nitrogens with zero attached hydrogens (tertiary/aromatic N) is 1. The van der Waals surface area contributed by atoms with E-state index in [2.05, 4.69) is 10.2 Å². The number of carbonyl (C=O) groups excluding carboxylic acids is 1. The fourth-order valence-electron chi connectivity index (χ4n) is 2.30. The summed E-state index contributed by atoms with van der Waals surface area (Å²) in [5.74, 6) is 0.160. The number of amides is 1. The fourth-order valence-corrected chi connectivity index (χ4v) is 2.30. The van der Waals surface area contributed by atoms with Crippen LogP contribution in [0, 0.1) is 0 Å². The van der Waals surface area contributed by atoms with Crippen molar-refractivity contribution in [2.75, 3.05) is 19.6 Å². The molecule has 1 atom stereocenters. The second-order valence-corrected chi connectivity index (χ2v) is 5.47. The van der Waals surface area contributed by atoms with E-state index in [1.807, 2.05) is 6.92 Å². The van der Waals surface area contributed by atoms with Crippen LogP contribution in [0.1, 0.15) is 39.0 Å². The maximum absolute atomic E-state index is 11.5. The molecule has 2 fully saturated rings. The first-order valence-electron chi connectivity index (χ1n) is 6.29. The highest BCUT2D eigenvalue weighted by atomic mass is 16.3. The Morgan fingerprint density at radius 3 is 2.94 bits per heavy atom. The Kier molecular flexibility index (Phi) is 3.50. The minimum absolute atomic E-state index is 0.160. The van der Waals surface area contributed by atoms with Crippen LogP contribution in [0.5, 0.6) is 0 Å². The van der Waals surface area contributed by atoms with Crippen molar-refractivity contribution in [1.29, 1.82) is 0 Å². The molecule has 1 aliphatic heterocycles. The molecule has 92 valence electrons. The standard InChI is InChI=1S/C12H22N2O2/c1-12(16)6-2-7-14(9-12)8-5-11(15)13-10-3-4-10/h10,16H,2-9H2,1H3,(H,13,15). The Morgan fingerprint density at radius 2 is 2.31 bits per heavy atom. The van der Waals surface area contributed by atoms with Crippen molar-refractivity contribution < 1.29 is 9.90 Å². The van der Waals surface area contributed by atoms with Crippen LogP contribution in [0.25, 0.3) is 0 Å². The summed E-state index contributed by atoms with van der Waals surface area (Å²) in [7, 11) is 0. The van der Waals surface area contributed by atoms with Crippen molar-refractivity contribution in [3.8, 4) is 0 Å². The van der Waals surface area contributed by atoms with Crippen molar-refractivity contribution >= 4 is 5.91 Å². The number of β-amino-alcohol motifs (C(OH)–C–C–N with tert-alkyl or cyclic N) is 1. The Morgan fingerprint density at radius 1 is 1.56 bits per heavy atom. The Balaban J connectivity index is 1.66. The van der Waals surface area contributed by atoms with Crippen LogP contribution < -0.4 is 5.32 Å². The quantitative estimate of drug-likeness (QED) is 0.734. The predicted molar refractivity (Wildman–Crippen MR) is 62.1 cm³/mol. The molecular formula is C12H22N2O2. The summed E-state index contributed by atoms with van der Waals surface area (Å²) in [4.78, 5) is 13.7. The van der Waals surface area contributed by atoms with Gasteiger partial charge in [0.1, 0.15) is 0 Å². The first kappa shape index (κ1) is 11.9. The van der Waals surface area contributed by atoms with Crippen LogP contribution in [-0.2, 0) is 4.79 Å². The van der Waals surface area contributed by atoms with Crippen LogP contribution in [0.3, 0.4) is 0 Å². The third-order valence-corrected chi connectivity index (χ3v) is 3.35. The average molecular weight is 226 g/mol. The van der Waals surface area contributed by atoms with E-state index in [9.17, 15) is 9.90 Å². The highest BCUT2D eigenvalue weighted by Crippen LogP contribution is 2.21. The molecule has 1 aliphatic carbocycles. The summed E-state index contributed by atoms with van der Waals surface area (Å²) >= 11 is 0. The molecule has 1 saturated carbocycles. The second-order valence-electron chi connectivity index (χ2n) is 5.47. The van der Waals surface area contributed by atoms with Crippen LogP contribution in [0.4, 0.5) is 0 Å². The second kappa shape index (κ2) is 4.72. The number of likely N-dealkylation sites (tertiary alicyclic amines) is 1. The van der Waals surface area contributed by atoms with Gasteiger partial charge in [0.05, 0.1) is 5.60 Å². The van der Waals surface area contributed by atoms with Gasteiger partial charge in [0, 0.05) is 25.6 Å². The number of rotatable bonds is 4. The topological polar surface area (TPSA) is 52.6 Å². The Hall–Kier alpha value is -0.610. The van der Waals surface area contributed by atoms with E-state index >= 15 is 0 Å². The molecule has 0 bridgehead atoms. The number of aliphatic hydroxyl groups is 1. The van der Waals surface area contributed by atoms with Crippen LogP contribution in [0.2, 0.25) is 0 Å². The molecule has 0 spiro atoms. The third-order valence-electron chi connectivity index (χ3n) is 3.35. The van der Waals surface area contributed by atoms with E-state index in [1.165, 1.54) is 0 Å². The van der Waals surface area contributed by atoms with Gasteiger partial charge in [-0.3, -0.25) is 9.69 Å². The summed E-state index contributed by atoms with van der Waals surface area (Å²) in [5.41, 5.74) is -0.564. The molecule has 0 aromatic rings. The summed E-state index contributed by atoms with van der Waals surface area (Å²) in [5, 5.41) is 12.9. The average Bonchev–Trinajstić information content (AvgIpc) is 2.97. The van der Waals surface area contributed by atoms with Crippen molar-refractivity contribution in [1.82, 2.24) is 10.2 Å². The Bertz CT molecular complexity index is 262. The van der Waals surface area contributed by atoms with Crippen molar-refractivity contribution in [2.45, 2.75) is 50.7 Å². The highest BCUT2D eigenvalue weighted by molar-refractivity contribution is 5.76. The van der Waals surface area contributed by atoms with Crippen molar-refractivity contribution in [3.05, 3.63) is 0 Å². The lowest BCUT2D eigenvalue weighted by Crippen LogP contribution is -2.47. The van der Waals surface area contributed by atoms with Crippen molar-refractivity contribution in [3.63, 3.8) is 0 Å². The van der Waals surface area contributed by atoms with Gasteiger partial charge < -0.3 is 10.4 Å². The molecular weight excluding hydrogens is 204 g/mol. The molecule has 4 nitrogen and oxygen atoms in total. The number of piperidine rings is 1. The van der Waals surface area contributed by atoms with Gasteiger partial charge in [0.25, 0.3) is 0 Å². The summed E-state index contributed by atoms with van der Waals surface area (Å²) < 4.78 is 0. The SMILES string of the molecule is CC1(O)CCCN(CCC(=O)NC2CC2)C1.